The maximum atomic E-state index is 11.9. The Bertz CT molecular complexity index is 519. The van der Waals surface area contributed by atoms with Crippen LogP contribution in [0.25, 0.3) is 0 Å². The number of hydrogen-bond acceptors (Lipinski definition) is 3. The van der Waals surface area contributed by atoms with Crippen LogP contribution in [0.5, 0.6) is 5.75 Å². The number of esters is 1. The molecule has 0 bridgehead atoms. The standard InChI is InChI=1S/C17H24O3/c1-16(2,3)12-9-11(15(18)19-6)10-13-14(12)20-8-7-17(13,4)5/h9-10H,7-8H2,1-6H3. The van der Waals surface area contributed by atoms with Gasteiger partial charge in [-0.1, -0.05) is 34.6 Å². The van der Waals surface area contributed by atoms with Crippen LogP contribution in [0.3, 0.4) is 0 Å². The third kappa shape index (κ3) is 2.54. The molecule has 0 aliphatic carbocycles. The molecule has 1 aromatic rings. The first-order valence-corrected chi connectivity index (χ1v) is 7.07. The molecule has 110 valence electrons. The highest BCUT2D eigenvalue weighted by Crippen LogP contribution is 2.44. The molecular weight excluding hydrogens is 252 g/mol. The Labute approximate surface area is 121 Å². The van der Waals surface area contributed by atoms with Crippen LogP contribution < -0.4 is 4.74 Å². The first kappa shape index (κ1) is 14.9. The lowest BCUT2D eigenvalue weighted by Crippen LogP contribution is -2.29. The summed E-state index contributed by atoms with van der Waals surface area (Å²) in [6, 6.07) is 3.83. The van der Waals surface area contributed by atoms with Gasteiger partial charge in [-0.25, -0.2) is 4.79 Å². The van der Waals surface area contributed by atoms with Gasteiger partial charge in [0.2, 0.25) is 0 Å². The number of methoxy groups -OCH3 is 1. The van der Waals surface area contributed by atoms with Gasteiger partial charge in [-0.2, -0.15) is 0 Å². The molecule has 0 fully saturated rings. The summed E-state index contributed by atoms with van der Waals surface area (Å²) in [6.45, 7) is 11.5. The lowest BCUT2D eigenvalue weighted by atomic mass is 9.75. The van der Waals surface area contributed by atoms with Crippen molar-refractivity contribution in [2.45, 2.75) is 51.9 Å². The Morgan fingerprint density at radius 3 is 2.50 bits per heavy atom. The van der Waals surface area contributed by atoms with Crippen molar-refractivity contribution in [3.8, 4) is 5.75 Å². The molecule has 1 heterocycles. The fourth-order valence-corrected chi connectivity index (χ4v) is 2.62. The Morgan fingerprint density at radius 2 is 1.95 bits per heavy atom. The van der Waals surface area contributed by atoms with Gasteiger partial charge in [-0.15, -0.1) is 0 Å². The number of fused-ring (bicyclic) bond motifs is 1. The van der Waals surface area contributed by atoms with Crippen molar-refractivity contribution in [2.75, 3.05) is 13.7 Å². The topological polar surface area (TPSA) is 35.5 Å². The predicted molar refractivity (Wildman–Crippen MR) is 79.6 cm³/mol. The van der Waals surface area contributed by atoms with E-state index in [0.29, 0.717) is 5.56 Å². The van der Waals surface area contributed by atoms with Crippen LogP contribution in [0.15, 0.2) is 12.1 Å². The molecular formula is C17H24O3. The van der Waals surface area contributed by atoms with Crippen LogP contribution in [-0.4, -0.2) is 19.7 Å². The zero-order chi connectivity index (χ0) is 15.1. The van der Waals surface area contributed by atoms with E-state index in [1.54, 1.807) is 0 Å². The lowest BCUT2D eigenvalue weighted by Gasteiger charge is -2.36. The van der Waals surface area contributed by atoms with Crippen LogP contribution in [-0.2, 0) is 15.6 Å². The van der Waals surface area contributed by atoms with E-state index in [4.69, 9.17) is 9.47 Å². The summed E-state index contributed by atoms with van der Waals surface area (Å²) < 4.78 is 10.8. The predicted octanol–water partition coefficient (Wildman–Crippen LogP) is 3.83. The quantitative estimate of drug-likeness (QED) is 0.731. The SMILES string of the molecule is COC(=O)c1cc(C(C)(C)C)c2c(c1)C(C)(C)CCO2. The zero-order valence-electron chi connectivity index (χ0n) is 13.3. The van der Waals surface area contributed by atoms with Gasteiger partial charge >= 0.3 is 5.97 Å². The van der Waals surface area contributed by atoms with E-state index in [0.717, 1.165) is 29.9 Å². The minimum Gasteiger partial charge on any atom is -0.493 e. The third-order valence-electron chi connectivity index (χ3n) is 4.02. The Hall–Kier alpha value is -1.51. The monoisotopic (exact) mass is 276 g/mol. The van der Waals surface area contributed by atoms with Gasteiger partial charge in [0, 0.05) is 11.1 Å². The molecule has 0 aromatic heterocycles. The summed E-state index contributed by atoms with van der Waals surface area (Å²) in [6.07, 6.45) is 0.953. The number of ether oxygens (including phenoxy) is 2. The average molecular weight is 276 g/mol. The van der Waals surface area contributed by atoms with E-state index in [1.807, 2.05) is 12.1 Å². The first-order chi connectivity index (χ1) is 9.16. The van der Waals surface area contributed by atoms with Gasteiger partial charge in [-0.3, -0.25) is 0 Å². The van der Waals surface area contributed by atoms with E-state index in [9.17, 15) is 4.79 Å². The van der Waals surface area contributed by atoms with E-state index in [-0.39, 0.29) is 16.8 Å². The largest absolute Gasteiger partial charge is 0.493 e. The van der Waals surface area contributed by atoms with Gasteiger partial charge in [-0.05, 0) is 29.4 Å². The number of benzene rings is 1. The van der Waals surface area contributed by atoms with Crippen molar-refractivity contribution in [3.63, 3.8) is 0 Å². The molecule has 0 spiro atoms. The first-order valence-electron chi connectivity index (χ1n) is 7.07. The van der Waals surface area contributed by atoms with Crippen LogP contribution in [0, 0.1) is 0 Å². The molecule has 0 radical (unpaired) electrons. The second kappa shape index (κ2) is 4.80. The summed E-state index contributed by atoms with van der Waals surface area (Å²) in [4.78, 5) is 11.9. The van der Waals surface area contributed by atoms with Crippen molar-refractivity contribution in [1.82, 2.24) is 0 Å². The molecule has 20 heavy (non-hydrogen) atoms. The molecule has 0 saturated heterocycles. The molecule has 0 atom stereocenters. The van der Waals surface area contributed by atoms with E-state index >= 15 is 0 Å². The summed E-state index contributed by atoms with van der Waals surface area (Å²) in [7, 11) is 1.42. The highest BCUT2D eigenvalue weighted by atomic mass is 16.5. The van der Waals surface area contributed by atoms with E-state index in [2.05, 4.69) is 34.6 Å². The second-order valence-electron chi connectivity index (χ2n) is 7.12. The minimum atomic E-state index is -0.292. The summed E-state index contributed by atoms with van der Waals surface area (Å²) in [5.74, 6) is 0.654. The highest BCUT2D eigenvalue weighted by Gasteiger charge is 2.34. The molecule has 0 saturated carbocycles. The Morgan fingerprint density at radius 1 is 1.30 bits per heavy atom. The van der Waals surface area contributed by atoms with Gasteiger partial charge in [0.25, 0.3) is 0 Å². The maximum absolute atomic E-state index is 11.9. The molecule has 0 unspecified atom stereocenters. The average Bonchev–Trinajstić information content (AvgIpc) is 2.35. The molecule has 1 aromatic carbocycles. The summed E-state index contributed by atoms with van der Waals surface area (Å²) in [5.41, 5.74) is 2.72. The normalized spacial score (nSPS) is 17.1. The van der Waals surface area contributed by atoms with E-state index < -0.39 is 0 Å². The summed E-state index contributed by atoms with van der Waals surface area (Å²) >= 11 is 0. The Kier molecular flexibility index (Phi) is 3.57. The van der Waals surface area contributed by atoms with Crippen LogP contribution in [0.1, 0.15) is 62.5 Å². The number of hydrogen-bond donors (Lipinski definition) is 0. The molecule has 2 rings (SSSR count). The van der Waals surface area contributed by atoms with Crippen molar-refractivity contribution in [3.05, 3.63) is 28.8 Å². The molecule has 1 aliphatic heterocycles. The van der Waals surface area contributed by atoms with Gasteiger partial charge in [0.15, 0.2) is 0 Å². The van der Waals surface area contributed by atoms with Crippen molar-refractivity contribution >= 4 is 5.97 Å². The van der Waals surface area contributed by atoms with Crippen LogP contribution in [0.2, 0.25) is 0 Å². The summed E-state index contributed by atoms with van der Waals surface area (Å²) in [5, 5.41) is 0. The van der Waals surface area contributed by atoms with Crippen LogP contribution in [0.4, 0.5) is 0 Å². The van der Waals surface area contributed by atoms with Crippen molar-refractivity contribution < 1.29 is 14.3 Å². The third-order valence-corrected chi connectivity index (χ3v) is 4.02. The maximum Gasteiger partial charge on any atom is 0.337 e. The fourth-order valence-electron chi connectivity index (χ4n) is 2.62. The number of rotatable bonds is 1. The second-order valence-corrected chi connectivity index (χ2v) is 7.12. The molecule has 1 aliphatic rings. The lowest BCUT2D eigenvalue weighted by molar-refractivity contribution is 0.0600. The zero-order valence-corrected chi connectivity index (χ0v) is 13.3. The highest BCUT2D eigenvalue weighted by molar-refractivity contribution is 5.90. The van der Waals surface area contributed by atoms with Gasteiger partial charge in [0.1, 0.15) is 5.75 Å². The van der Waals surface area contributed by atoms with Crippen molar-refractivity contribution in [2.24, 2.45) is 0 Å². The van der Waals surface area contributed by atoms with Gasteiger partial charge in [0.05, 0.1) is 19.3 Å². The smallest absolute Gasteiger partial charge is 0.337 e. The fraction of sp³-hybridized carbons (Fsp3) is 0.588. The minimum absolute atomic E-state index is 0.0115. The molecule has 3 heteroatoms. The molecule has 0 N–H and O–H groups in total. The molecule has 0 amide bonds. The number of carbonyl (C=O) groups excluding carboxylic acids is 1. The Balaban J connectivity index is 2.72. The van der Waals surface area contributed by atoms with E-state index in [1.165, 1.54) is 7.11 Å². The van der Waals surface area contributed by atoms with Gasteiger partial charge < -0.3 is 9.47 Å². The van der Waals surface area contributed by atoms with Crippen molar-refractivity contribution in [1.29, 1.82) is 0 Å². The number of carbonyl (C=O) groups is 1. The van der Waals surface area contributed by atoms with Crippen LogP contribution >= 0.6 is 0 Å². The molecule has 3 nitrogen and oxygen atoms in total.